The molecule has 2 nitrogen and oxygen atoms in total. The molecule has 1 saturated heterocycles. The molecule has 1 N–H and O–H groups in total. The maximum atomic E-state index is 12.1. The molecule has 1 aliphatic heterocycles. The molecule has 1 aliphatic rings. The largest absolute Gasteiger partial charge is 0.316 e. The predicted molar refractivity (Wildman–Crippen MR) is 62.8 cm³/mol. The molecule has 0 amide bonds. The third-order valence-electron chi connectivity index (χ3n) is 3.09. The molecule has 0 saturated carbocycles. The number of nitrogens with zero attached hydrogens (tertiary/aromatic N) is 1. The summed E-state index contributed by atoms with van der Waals surface area (Å²) in [7, 11) is 0. The summed E-state index contributed by atoms with van der Waals surface area (Å²) in [6.07, 6.45) is 2.45. The van der Waals surface area contributed by atoms with E-state index in [1.54, 1.807) is 0 Å². The minimum Gasteiger partial charge on any atom is -0.316 e. The fraction of sp³-hybridized carbons (Fsp3) is 1.00. The van der Waals surface area contributed by atoms with Crippen molar-refractivity contribution in [3.63, 3.8) is 0 Å². The van der Waals surface area contributed by atoms with Crippen molar-refractivity contribution in [3.05, 3.63) is 0 Å². The first-order valence-corrected chi connectivity index (χ1v) is 6.21. The Morgan fingerprint density at radius 1 is 1.33 bits per heavy atom. The Morgan fingerprint density at radius 3 is 2.53 bits per heavy atom. The lowest BCUT2D eigenvalue weighted by atomic mass is 9.96. The van der Waals surface area contributed by atoms with Gasteiger partial charge in [-0.15, -0.1) is 0 Å². The predicted octanol–water partition coefficient (Wildman–Crippen LogP) is 1.91. The second-order valence-electron chi connectivity index (χ2n) is 5.03. The first-order chi connectivity index (χ1) is 7.22. The SMILES string of the molecule is CC(C)CNCC1CCN(CCF)CC1. The van der Waals surface area contributed by atoms with Gasteiger partial charge < -0.3 is 10.2 Å². The van der Waals surface area contributed by atoms with Crippen LogP contribution in [-0.4, -0.2) is 44.3 Å². The fourth-order valence-electron chi connectivity index (χ4n) is 2.11. The quantitative estimate of drug-likeness (QED) is 0.729. The van der Waals surface area contributed by atoms with Crippen LogP contribution in [0.25, 0.3) is 0 Å². The standard InChI is InChI=1S/C12H25FN2/c1-11(2)9-14-10-12-3-6-15(7-4-12)8-5-13/h11-12,14H,3-10H2,1-2H3. The minimum atomic E-state index is -0.198. The second-order valence-corrected chi connectivity index (χ2v) is 5.03. The third-order valence-corrected chi connectivity index (χ3v) is 3.09. The van der Waals surface area contributed by atoms with E-state index in [2.05, 4.69) is 24.1 Å². The van der Waals surface area contributed by atoms with Crippen molar-refractivity contribution in [1.29, 1.82) is 0 Å². The molecule has 3 heteroatoms. The molecule has 0 aliphatic carbocycles. The monoisotopic (exact) mass is 216 g/mol. The number of hydrogen-bond donors (Lipinski definition) is 1. The van der Waals surface area contributed by atoms with Crippen LogP contribution in [0.2, 0.25) is 0 Å². The summed E-state index contributed by atoms with van der Waals surface area (Å²) < 4.78 is 12.1. The van der Waals surface area contributed by atoms with Gasteiger partial charge in [-0.1, -0.05) is 13.8 Å². The van der Waals surface area contributed by atoms with E-state index in [-0.39, 0.29) is 6.67 Å². The normalized spacial score (nSPS) is 20.0. The minimum absolute atomic E-state index is 0.198. The van der Waals surface area contributed by atoms with Crippen LogP contribution >= 0.6 is 0 Å². The lowest BCUT2D eigenvalue weighted by Crippen LogP contribution is -2.38. The number of halogens is 1. The summed E-state index contributed by atoms with van der Waals surface area (Å²) in [5.74, 6) is 1.54. The average Bonchev–Trinajstić information content (AvgIpc) is 2.20. The van der Waals surface area contributed by atoms with Crippen LogP contribution in [0.1, 0.15) is 26.7 Å². The summed E-state index contributed by atoms with van der Waals surface area (Å²) in [6, 6.07) is 0. The Labute approximate surface area is 93.2 Å². The van der Waals surface area contributed by atoms with E-state index in [0.717, 1.165) is 38.0 Å². The molecule has 0 aromatic heterocycles. The average molecular weight is 216 g/mol. The number of nitrogens with one attached hydrogen (secondary N) is 1. The van der Waals surface area contributed by atoms with Crippen LogP contribution in [0.4, 0.5) is 4.39 Å². The van der Waals surface area contributed by atoms with Gasteiger partial charge >= 0.3 is 0 Å². The van der Waals surface area contributed by atoms with Gasteiger partial charge in [-0.25, -0.2) is 4.39 Å². The van der Waals surface area contributed by atoms with Crippen molar-refractivity contribution in [2.45, 2.75) is 26.7 Å². The molecule has 0 radical (unpaired) electrons. The highest BCUT2D eigenvalue weighted by Gasteiger charge is 2.18. The molecule has 0 aromatic rings. The van der Waals surface area contributed by atoms with E-state index >= 15 is 0 Å². The molecule has 90 valence electrons. The summed E-state index contributed by atoms with van der Waals surface area (Å²) >= 11 is 0. The highest BCUT2D eigenvalue weighted by molar-refractivity contribution is 4.73. The molecule has 1 fully saturated rings. The van der Waals surface area contributed by atoms with Crippen molar-refractivity contribution >= 4 is 0 Å². The van der Waals surface area contributed by atoms with Gasteiger partial charge in [0.2, 0.25) is 0 Å². The van der Waals surface area contributed by atoms with Gasteiger partial charge in [0.25, 0.3) is 0 Å². The van der Waals surface area contributed by atoms with E-state index in [1.165, 1.54) is 12.8 Å². The molecular weight excluding hydrogens is 191 g/mol. The molecule has 1 rings (SSSR count). The van der Waals surface area contributed by atoms with Gasteiger partial charge in [-0.3, -0.25) is 0 Å². The van der Waals surface area contributed by atoms with Crippen molar-refractivity contribution in [2.24, 2.45) is 11.8 Å². The Balaban J connectivity index is 2.04. The van der Waals surface area contributed by atoms with E-state index in [1.807, 2.05) is 0 Å². The molecular formula is C12H25FN2. The lowest BCUT2D eigenvalue weighted by molar-refractivity contribution is 0.170. The van der Waals surface area contributed by atoms with Crippen LogP contribution in [0.3, 0.4) is 0 Å². The van der Waals surface area contributed by atoms with Crippen LogP contribution in [0, 0.1) is 11.8 Å². The Bertz CT molecular complexity index is 154. The number of hydrogen-bond acceptors (Lipinski definition) is 2. The number of piperidine rings is 1. The zero-order valence-corrected chi connectivity index (χ0v) is 10.1. The molecule has 0 bridgehead atoms. The molecule has 0 spiro atoms. The fourth-order valence-corrected chi connectivity index (χ4v) is 2.11. The van der Waals surface area contributed by atoms with Gasteiger partial charge in [0.1, 0.15) is 6.67 Å². The van der Waals surface area contributed by atoms with Gasteiger partial charge in [0.05, 0.1) is 0 Å². The lowest BCUT2D eigenvalue weighted by Gasteiger charge is -2.31. The molecule has 0 unspecified atom stereocenters. The molecule has 0 aromatic carbocycles. The summed E-state index contributed by atoms with van der Waals surface area (Å²) in [5, 5.41) is 3.51. The van der Waals surface area contributed by atoms with Gasteiger partial charge in [0.15, 0.2) is 0 Å². The van der Waals surface area contributed by atoms with Crippen LogP contribution in [-0.2, 0) is 0 Å². The molecule has 15 heavy (non-hydrogen) atoms. The second kappa shape index (κ2) is 7.18. The maximum absolute atomic E-state index is 12.1. The van der Waals surface area contributed by atoms with Crippen molar-refractivity contribution in [1.82, 2.24) is 10.2 Å². The van der Waals surface area contributed by atoms with Crippen LogP contribution in [0.15, 0.2) is 0 Å². The zero-order chi connectivity index (χ0) is 11.1. The number of alkyl halides is 1. The summed E-state index contributed by atoms with van der Waals surface area (Å²) in [4.78, 5) is 2.24. The van der Waals surface area contributed by atoms with Gasteiger partial charge in [-0.05, 0) is 50.9 Å². The van der Waals surface area contributed by atoms with Crippen molar-refractivity contribution < 1.29 is 4.39 Å². The van der Waals surface area contributed by atoms with E-state index in [4.69, 9.17) is 0 Å². The maximum Gasteiger partial charge on any atom is 0.102 e. The van der Waals surface area contributed by atoms with Crippen molar-refractivity contribution in [3.8, 4) is 0 Å². The highest BCUT2D eigenvalue weighted by Crippen LogP contribution is 2.15. The van der Waals surface area contributed by atoms with Gasteiger partial charge in [-0.2, -0.15) is 0 Å². The molecule has 1 heterocycles. The zero-order valence-electron chi connectivity index (χ0n) is 10.1. The number of likely N-dealkylation sites (tertiary alicyclic amines) is 1. The highest BCUT2D eigenvalue weighted by atomic mass is 19.1. The first kappa shape index (κ1) is 12.9. The van der Waals surface area contributed by atoms with E-state index in [0.29, 0.717) is 6.54 Å². The van der Waals surface area contributed by atoms with Crippen LogP contribution < -0.4 is 5.32 Å². The smallest absolute Gasteiger partial charge is 0.102 e. The molecule has 0 atom stereocenters. The Morgan fingerprint density at radius 2 is 2.00 bits per heavy atom. The first-order valence-electron chi connectivity index (χ1n) is 6.21. The summed E-state index contributed by atoms with van der Waals surface area (Å²) in [5.41, 5.74) is 0. The topological polar surface area (TPSA) is 15.3 Å². The Kier molecular flexibility index (Phi) is 6.18. The number of rotatable bonds is 6. The van der Waals surface area contributed by atoms with Crippen LogP contribution in [0.5, 0.6) is 0 Å². The summed E-state index contributed by atoms with van der Waals surface area (Å²) in [6.45, 7) is 9.32. The van der Waals surface area contributed by atoms with E-state index < -0.39 is 0 Å². The van der Waals surface area contributed by atoms with Gasteiger partial charge in [0, 0.05) is 6.54 Å². The third kappa shape index (κ3) is 5.47. The van der Waals surface area contributed by atoms with E-state index in [9.17, 15) is 4.39 Å². The Hall–Kier alpha value is -0.150. The van der Waals surface area contributed by atoms with Crippen molar-refractivity contribution in [2.75, 3.05) is 39.4 Å².